The molecule has 5 heteroatoms. The largest absolute Gasteiger partial charge is 0.444 e. The van der Waals surface area contributed by atoms with Gasteiger partial charge in [-0.1, -0.05) is 13.8 Å². The minimum absolute atomic E-state index is 0.168. The van der Waals surface area contributed by atoms with Crippen LogP contribution in [0.2, 0.25) is 0 Å². The van der Waals surface area contributed by atoms with Gasteiger partial charge in [0, 0.05) is 37.7 Å². The molecule has 2 unspecified atom stereocenters. The van der Waals surface area contributed by atoms with Crippen molar-refractivity contribution in [3.63, 3.8) is 0 Å². The first-order chi connectivity index (χ1) is 9.13. The molecule has 2 atom stereocenters. The van der Waals surface area contributed by atoms with E-state index >= 15 is 0 Å². The smallest absolute Gasteiger partial charge is 0.410 e. The summed E-state index contributed by atoms with van der Waals surface area (Å²) >= 11 is 0. The highest BCUT2D eigenvalue weighted by atomic mass is 16.6. The summed E-state index contributed by atoms with van der Waals surface area (Å²) in [6.45, 7) is 11.6. The van der Waals surface area contributed by atoms with Crippen molar-refractivity contribution in [2.75, 3.05) is 20.2 Å². The number of methoxy groups -OCH3 is 1. The predicted octanol–water partition coefficient (Wildman–Crippen LogP) is 2.01. The SMILES string of the molecule is COC1CC(NC2CN(C(=O)OC(C)(C)C)C2)C1(C)C. The van der Waals surface area contributed by atoms with Crippen LogP contribution in [0.5, 0.6) is 0 Å². The van der Waals surface area contributed by atoms with E-state index in [-0.39, 0.29) is 11.5 Å². The molecule has 1 aliphatic heterocycles. The Balaban J connectivity index is 1.72. The number of carbonyl (C=O) groups is 1. The van der Waals surface area contributed by atoms with Gasteiger partial charge in [-0.15, -0.1) is 0 Å². The number of hydrogen-bond acceptors (Lipinski definition) is 4. The van der Waals surface area contributed by atoms with Crippen LogP contribution in [0.3, 0.4) is 0 Å². The standard InChI is InChI=1S/C15H28N2O3/c1-14(2,3)20-13(18)17-8-10(9-17)16-11-7-12(19-6)15(11,4)5/h10-12,16H,7-9H2,1-6H3. The Morgan fingerprint density at radius 1 is 1.30 bits per heavy atom. The van der Waals surface area contributed by atoms with E-state index in [9.17, 15) is 4.79 Å². The third-order valence-electron chi connectivity index (χ3n) is 4.43. The number of ether oxygens (including phenoxy) is 2. The van der Waals surface area contributed by atoms with E-state index in [2.05, 4.69) is 19.2 Å². The van der Waals surface area contributed by atoms with Gasteiger partial charge >= 0.3 is 6.09 Å². The van der Waals surface area contributed by atoms with Crippen LogP contribution < -0.4 is 5.32 Å². The second kappa shape index (κ2) is 5.19. The molecule has 1 saturated heterocycles. The average molecular weight is 284 g/mol. The second-order valence-corrected chi connectivity index (χ2v) is 7.58. The van der Waals surface area contributed by atoms with E-state index in [1.807, 2.05) is 20.8 Å². The van der Waals surface area contributed by atoms with E-state index in [1.54, 1.807) is 12.0 Å². The van der Waals surface area contributed by atoms with E-state index in [0.29, 0.717) is 18.2 Å². The van der Waals surface area contributed by atoms with Gasteiger partial charge in [0.1, 0.15) is 5.60 Å². The van der Waals surface area contributed by atoms with E-state index in [1.165, 1.54) is 0 Å². The van der Waals surface area contributed by atoms with Crippen molar-refractivity contribution in [1.29, 1.82) is 0 Å². The van der Waals surface area contributed by atoms with Crippen LogP contribution in [-0.4, -0.2) is 55.0 Å². The first-order valence-corrected chi connectivity index (χ1v) is 7.40. The zero-order valence-corrected chi connectivity index (χ0v) is 13.5. The maximum atomic E-state index is 11.8. The van der Waals surface area contributed by atoms with Crippen molar-refractivity contribution < 1.29 is 14.3 Å². The molecule has 0 radical (unpaired) electrons. The predicted molar refractivity (Wildman–Crippen MR) is 77.7 cm³/mol. The van der Waals surface area contributed by atoms with E-state index in [0.717, 1.165) is 19.5 Å². The first kappa shape index (κ1) is 15.6. The fourth-order valence-corrected chi connectivity index (χ4v) is 2.91. The van der Waals surface area contributed by atoms with E-state index in [4.69, 9.17) is 9.47 Å². The zero-order valence-electron chi connectivity index (χ0n) is 13.5. The van der Waals surface area contributed by atoms with Gasteiger partial charge in [-0.25, -0.2) is 4.79 Å². The van der Waals surface area contributed by atoms with Gasteiger partial charge in [0.25, 0.3) is 0 Å². The van der Waals surface area contributed by atoms with Gasteiger partial charge in [-0.2, -0.15) is 0 Å². The second-order valence-electron chi connectivity index (χ2n) is 7.58. The first-order valence-electron chi connectivity index (χ1n) is 7.40. The lowest BCUT2D eigenvalue weighted by molar-refractivity contribution is -0.105. The lowest BCUT2D eigenvalue weighted by Gasteiger charge is -2.54. The van der Waals surface area contributed by atoms with Crippen LogP contribution in [-0.2, 0) is 9.47 Å². The molecule has 116 valence electrons. The molecule has 0 bridgehead atoms. The Morgan fingerprint density at radius 2 is 1.90 bits per heavy atom. The van der Waals surface area contributed by atoms with Crippen LogP contribution in [0.1, 0.15) is 41.0 Å². The van der Waals surface area contributed by atoms with Gasteiger partial charge in [0.15, 0.2) is 0 Å². The lowest BCUT2D eigenvalue weighted by Crippen LogP contribution is -2.69. The Labute approximate surface area is 122 Å². The Morgan fingerprint density at radius 3 is 2.35 bits per heavy atom. The summed E-state index contributed by atoms with van der Waals surface area (Å²) < 4.78 is 10.8. The third kappa shape index (κ3) is 3.09. The highest BCUT2D eigenvalue weighted by molar-refractivity contribution is 5.69. The Bertz CT molecular complexity index is 370. The summed E-state index contributed by atoms with van der Waals surface area (Å²) in [4.78, 5) is 13.6. The van der Waals surface area contributed by atoms with Crippen molar-refractivity contribution in [1.82, 2.24) is 10.2 Å². The lowest BCUT2D eigenvalue weighted by atomic mass is 9.64. The Kier molecular flexibility index (Phi) is 4.04. The van der Waals surface area contributed by atoms with Crippen LogP contribution in [0.15, 0.2) is 0 Å². The number of amides is 1. The molecular weight excluding hydrogens is 256 g/mol. The molecule has 2 aliphatic rings. The number of likely N-dealkylation sites (tertiary alicyclic amines) is 1. The molecule has 2 fully saturated rings. The van der Waals surface area contributed by atoms with Crippen molar-refractivity contribution >= 4 is 6.09 Å². The number of rotatable bonds is 3. The third-order valence-corrected chi connectivity index (χ3v) is 4.43. The van der Waals surface area contributed by atoms with Crippen molar-refractivity contribution in [2.24, 2.45) is 5.41 Å². The zero-order chi connectivity index (χ0) is 15.1. The fourth-order valence-electron chi connectivity index (χ4n) is 2.91. The maximum Gasteiger partial charge on any atom is 0.410 e. The summed E-state index contributed by atoms with van der Waals surface area (Å²) in [5.74, 6) is 0. The average Bonchev–Trinajstić information content (AvgIpc) is 2.22. The molecule has 0 aromatic heterocycles. The van der Waals surface area contributed by atoms with Crippen LogP contribution >= 0.6 is 0 Å². The van der Waals surface area contributed by atoms with E-state index < -0.39 is 5.60 Å². The monoisotopic (exact) mass is 284 g/mol. The quantitative estimate of drug-likeness (QED) is 0.861. The minimum atomic E-state index is -0.419. The van der Waals surface area contributed by atoms with Crippen LogP contribution in [0.4, 0.5) is 4.79 Å². The van der Waals surface area contributed by atoms with Crippen molar-refractivity contribution in [3.05, 3.63) is 0 Å². The Hall–Kier alpha value is -0.810. The number of nitrogens with one attached hydrogen (secondary N) is 1. The molecule has 20 heavy (non-hydrogen) atoms. The van der Waals surface area contributed by atoms with Gasteiger partial charge in [-0.05, 0) is 27.2 Å². The maximum absolute atomic E-state index is 11.8. The number of carbonyl (C=O) groups excluding carboxylic acids is 1. The van der Waals surface area contributed by atoms with Gasteiger partial charge < -0.3 is 19.7 Å². The topological polar surface area (TPSA) is 50.8 Å². The van der Waals surface area contributed by atoms with Crippen LogP contribution in [0, 0.1) is 5.41 Å². The highest BCUT2D eigenvalue weighted by Gasteiger charge is 2.50. The molecule has 1 N–H and O–H groups in total. The molecule has 2 rings (SSSR count). The number of nitrogens with zero attached hydrogens (tertiary/aromatic N) is 1. The van der Waals surface area contributed by atoms with Gasteiger partial charge in [0.2, 0.25) is 0 Å². The fraction of sp³-hybridized carbons (Fsp3) is 0.933. The molecule has 5 nitrogen and oxygen atoms in total. The summed E-state index contributed by atoms with van der Waals surface area (Å²) in [5, 5.41) is 3.63. The van der Waals surface area contributed by atoms with Gasteiger partial charge in [-0.3, -0.25) is 0 Å². The highest BCUT2D eigenvalue weighted by Crippen LogP contribution is 2.42. The van der Waals surface area contributed by atoms with Crippen molar-refractivity contribution in [3.8, 4) is 0 Å². The minimum Gasteiger partial charge on any atom is -0.444 e. The normalized spacial score (nSPS) is 29.6. The molecule has 0 aromatic rings. The van der Waals surface area contributed by atoms with Gasteiger partial charge in [0.05, 0.1) is 6.10 Å². The molecule has 1 aliphatic carbocycles. The van der Waals surface area contributed by atoms with Crippen molar-refractivity contribution in [2.45, 2.75) is 64.8 Å². The number of hydrogen-bond donors (Lipinski definition) is 1. The molecule has 0 spiro atoms. The molecule has 1 heterocycles. The molecule has 0 aromatic carbocycles. The summed E-state index contributed by atoms with van der Waals surface area (Å²) in [7, 11) is 1.77. The molecule has 1 amide bonds. The summed E-state index contributed by atoms with van der Waals surface area (Å²) in [6, 6.07) is 0.850. The molecular formula is C15H28N2O3. The van der Waals surface area contributed by atoms with Crippen LogP contribution in [0.25, 0.3) is 0 Å². The summed E-state index contributed by atoms with van der Waals surface area (Å²) in [5.41, 5.74) is -0.252. The summed E-state index contributed by atoms with van der Waals surface area (Å²) in [6.07, 6.45) is 1.17. The molecule has 1 saturated carbocycles.